The summed E-state index contributed by atoms with van der Waals surface area (Å²) in [5.74, 6) is 0.752. The Morgan fingerprint density at radius 2 is 1.83 bits per heavy atom. The summed E-state index contributed by atoms with van der Waals surface area (Å²) >= 11 is 0. The highest BCUT2D eigenvalue weighted by molar-refractivity contribution is 5.69. The van der Waals surface area contributed by atoms with Crippen LogP contribution in [0.25, 0.3) is 0 Å². The van der Waals surface area contributed by atoms with Crippen molar-refractivity contribution in [2.24, 2.45) is 0 Å². The first-order valence-electron chi connectivity index (χ1n) is 8.77. The molecule has 0 saturated carbocycles. The molecule has 24 heavy (non-hydrogen) atoms. The summed E-state index contributed by atoms with van der Waals surface area (Å²) in [6.07, 6.45) is 3.67. The van der Waals surface area contributed by atoms with Gasteiger partial charge in [0.1, 0.15) is 11.9 Å². The molecule has 0 saturated heterocycles. The van der Waals surface area contributed by atoms with Crippen molar-refractivity contribution in [3.05, 3.63) is 65.7 Å². The van der Waals surface area contributed by atoms with E-state index in [0.717, 1.165) is 36.1 Å². The molecule has 3 nitrogen and oxygen atoms in total. The minimum absolute atomic E-state index is 0.127. The fourth-order valence-corrected chi connectivity index (χ4v) is 3.10. The summed E-state index contributed by atoms with van der Waals surface area (Å²) in [6.45, 7) is 2.13. The van der Waals surface area contributed by atoms with Gasteiger partial charge >= 0.3 is 5.97 Å². The lowest BCUT2D eigenvalue weighted by atomic mass is 9.94. The molecular weight excluding hydrogens is 300 g/mol. The van der Waals surface area contributed by atoms with E-state index in [1.807, 2.05) is 54.6 Å². The molecule has 2 atom stereocenters. The molecule has 1 aliphatic heterocycles. The van der Waals surface area contributed by atoms with Crippen molar-refractivity contribution in [3.63, 3.8) is 0 Å². The molecule has 2 aromatic rings. The Bertz CT molecular complexity index is 666. The van der Waals surface area contributed by atoms with Gasteiger partial charge in [-0.2, -0.15) is 0 Å². The Morgan fingerprint density at radius 3 is 2.62 bits per heavy atom. The highest BCUT2D eigenvalue weighted by Crippen LogP contribution is 2.36. The van der Waals surface area contributed by atoms with E-state index in [2.05, 4.69) is 6.92 Å². The number of esters is 1. The van der Waals surface area contributed by atoms with Crippen LogP contribution in [0.2, 0.25) is 0 Å². The lowest BCUT2D eigenvalue weighted by molar-refractivity contribution is -0.155. The molecule has 1 aliphatic rings. The van der Waals surface area contributed by atoms with Gasteiger partial charge in [0.25, 0.3) is 0 Å². The molecule has 0 aliphatic carbocycles. The Balaban J connectivity index is 1.77. The quantitative estimate of drug-likeness (QED) is 0.562. The van der Waals surface area contributed by atoms with Gasteiger partial charge in [0.2, 0.25) is 0 Å². The van der Waals surface area contributed by atoms with Crippen molar-refractivity contribution < 1.29 is 14.3 Å². The van der Waals surface area contributed by atoms with Crippen LogP contribution in [-0.4, -0.2) is 12.1 Å². The second-order valence-electron chi connectivity index (χ2n) is 6.25. The fourth-order valence-electron chi connectivity index (χ4n) is 3.10. The second-order valence-corrected chi connectivity index (χ2v) is 6.25. The maximum absolute atomic E-state index is 12.2. The summed E-state index contributed by atoms with van der Waals surface area (Å²) in [6, 6.07) is 18.0. The second kappa shape index (κ2) is 8.00. The van der Waals surface area contributed by atoms with Gasteiger partial charge < -0.3 is 9.47 Å². The monoisotopic (exact) mass is 324 g/mol. The Morgan fingerprint density at radius 1 is 1.08 bits per heavy atom. The average molecular weight is 324 g/mol. The molecular formula is C21H24O3. The lowest BCUT2D eigenvalue weighted by Gasteiger charge is -2.33. The molecule has 126 valence electrons. The number of benzene rings is 2. The molecule has 1 heterocycles. The molecule has 2 unspecified atom stereocenters. The van der Waals surface area contributed by atoms with Crippen LogP contribution in [0.15, 0.2) is 54.6 Å². The molecule has 3 rings (SSSR count). The molecule has 2 aromatic carbocycles. The third kappa shape index (κ3) is 3.97. The molecule has 0 fully saturated rings. The molecule has 0 spiro atoms. The van der Waals surface area contributed by atoms with Crippen molar-refractivity contribution in [2.45, 2.75) is 51.2 Å². The number of para-hydroxylation sites is 1. The van der Waals surface area contributed by atoms with Crippen LogP contribution in [0.3, 0.4) is 0 Å². The Hall–Kier alpha value is -2.29. The van der Waals surface area contributed by atoms with Crippen molar-refractivity contribution in [3.8, 4) is 5.75 Å². The number of unbranched alkanes of at least 4 members (excludes halogenated alkanes) is 2. The first-order chi connectivity index (χ1) is 11.8. The number of hydrogen-bond donors (Lipinski definition) is 0. The molecule has 3 heteroatoms. The van der Waals surface area contributed by atoms with Crippen LogP contribution in [0, 0.1) is 0 Å². The Kier molecular flexibility index (Phi) is 5.52. The van der Waals surface area contributed by atoms with Crippen molar-refractivity contribution in [1.82, 2.24) is 0 Å². The van der Waals surface area contributed by atoms with E-state index < -0.39 is 0 Å². The van der Waals surface area contributed by atoms with Crippen LogP contribution in [0.4, 0.5) is 0 Å². The topological polar surface area (TPSA) is 35.5 Å². The maximum atomic E-state index is 12.2. The number of carbonyl (C=O) groups excluding carboxylic acids is 1. The van der Waals surface area contributed by atoms with E-state index >= 15 is 0 Å². The number of hydrogen-bond acceptors (Lipinski definition) is 3. The molecule has 0 bridgehead atoms. The van der Waals surface area contributed by atoms with Crippen LogP contribution >= 0.6 is 0 Å². The van der Waals surface area contributed by atoms with Gasteiger partial charge in [-0.25, -0.2) is 0 Å². The summed E-state index contributed by atoms with van der Waals surface area (Å²) in [5.41, 5.74) is 2.13. The average Bonchev–Trinajstić information content (AvgIpc) is 2.62. The van der Waals surface area contributed by atoms with Crippen LogP contribution in [-0.2, 0) is 16.0 Å². The fraction of sp³-hybridized carbons (Fsp3) is 0.381. The van der Waals surface area contributed by atoms with Gasteiger partial charge in [0.05, 0.1) is 0 Å². The SMILES string of the molecule is CCCCCC(=O)OC1Cc2ccccc2OC1c1ccccc1. The van der Waals surface area contributed by atoms with Gasteiger partial charge in [0, 0.05) is 12.8 Å². The van der Waals surface area contributed by atoms with Crippen LogP contribution < -0.4 is 4.74 Å². The third-order valence-electron chi connectivity index (χ3n) is 4.38. The van der Waals surface area contributed by atoms with E-state index in [9.17, 15) is 4.79 Å². The van der Waals surface area contributed by atoms with Gasteiger partial charge in [0.15, 0.2) is 6.10 Å². The lowest BCUT2D eigenvalue weighted by Crippen LogP contribution is -2.34. The van der Waals surface area contributed by atoms with Crippen molar-refractivity contribution >= 4 is 5.97 Å². The molecule has 0 amide bonds. The predicted octanol–water partition coefficient (Wildman–Crippen LogP) is 4.85. The normalized spacial score (nSPS) is 19.2. The summed E-state index contributed by atoms with van der Waals surface area (Å²) in [7, 11) is 0. The highest BCUT2D eigenvalue weighted by atomic mass is 16.6. The third-order valence-corrected chi connectivity index (χ3v) is 4.38. The zero-order valence-corrected chi connectivity index (χ0v) is 14.1. The number of carbonyl (C=O) groups is 1. The predicted molar refractivity (Wildman–Crippen MR) is 94.0 cm³/mol. The highest BCUT2D eigenvalue weighted by Gasteiger charge is 2.33. The van der Waals surface area contributed by atoms with E-state index in [1.54, 1.807) is 0 Å². The van der Waals surface area contributed by atoms with Crippen LogP contribution in [0.5, 0.6) is 5.75 Å². The van der Waals surface area contributed by atoms with Crippen molar-refractivity contribution in [2.75, 3.05) is 0 Å². The minimum atomic E-state index is -0.281. The first kappa shape index (κ1) is 16.6. The van der Waals surface area contributed by atoms with E-state index in [0.29, 0.717) is 12.8 Å². The van der Waals surface area contributed by atoms with E-state index in [-0.39, 0.29) is 18.2 Å². The minimum Gasteiger partial charge on any atom is -0.482 e. The Labute approximate surface area is 143 Å². The van der Waals surface area contributed by atoms with E-state index in [4.69, 9.17) is 9.47 Å². The maximum Gasteiger partial charge on any atom is 0.306 e. The molecule has 0 N–H and O–H groups in total. The largest absolute Gasteiger partial charge is 0.482 e. The number of rotatable bonds is 6. The summed E-state index contributed by atoms with van der Waals surface area (Å²) in [5, 5.41) is 0. The number of ether oxygens (including phenoxy) is 2. The van der Waals surface area contributed by atoms with Crippen LogP contribution in [0.1, 0.15) is 49.8 Å². The van der Waals surface area contributed by atoms with Gasteiger partial charge in [-0.3, -0.25) is 4.79 Å². The number of fused-ring (bicyclic) bond motifs is 1. The summed E-state index contributed by atoms with van der Waals surface area (Å²) < 4.78 is 12.0. The van der Waals surface area contributed by atoms with Gasteiger partial charge in [-0.05, 0) is 23.6 Å². The van der Waals surface area contributed by atoms with E-state index in [1.165, 1.54) is 0 Å². The zero-order valence-electron chi connectivity index (χ0n) is 14.1. The van der Waals surface area contributed by atoms with Gasteiger partial charge in [-0.15, -0.1) is 0 Å². The standard InChI is InChI=1S/C21H24O3/c1-2-3-5-14-20(22)23-19-15-17-12-8-9-13-18(17)24-21(19)16-10-6-4-7-11-16/h4,6-13,19,21H,2-3,5,14-15H2,1H3. The molecule has 0 radical (unpaired) electrons. The van der Waals surface area contributed by atoms with Crippen molar-refractivity contribution in [1.29, 1.82) is 0 Å². The first-order valence-corrected chi connectivity index (χ1v) is 8.77. The summed E-state index contributed by atoms with van der Waals surface area (Å²) in [4.78, 5) is 12.2. The smallest absolute Gasteiger partial charge is 0.306 e. The zero-order chi connectivity index (χ0) is 16.8. The molecule has 0 aromatic heterocycles. The van der Waals surface area contributed by atoms with Gasteiger partial charge in [-0.1, -0.05) is 68.3 Å².